The number of alkyl halides is 2. The molecular weight excluding hydrogens is 2060 g/mol. The number of hydrogen-bond acceptors (Lipinski definition) is 30. The zero-order chi connectivity index (χ0) is 101. The lowest BCUT2D eigenvalue weighted by Gasteiger charge is -2.20. The average Bonchev–Trinajstić information content (AvgIpc) is 1.63. The number of hydroxylamine groups is 2. The quantitative estimate of drug-likeness (QED) is 0.0148. The van der Waals surface area contributed by atoms with Crippen LogP contribution < -0.4 is 36.4 Å². The number of Topliss-reactive ketones (excluding diaryl/α,β-unsaturated/α-hetero) is 3. The van der Waals surface area contributed by atoms with Gasteiger partial charge in [0.25, 0.3) is 29.5 Å². The summed E-state index contributed by atoms with van der Waals surface area (Å²) in [5.74, 6) is 1.93. The molecule has 4 unspecified atom stereocenters. The number of aromatic carboxylic acids is 1. The first kappa shape index (κ1) is 115. The fraction of sp³-hybridized carbons (Fsp3) is 0.474. The highest BCUT2D eigenvalue weighted by molar-refractivity contribution is 14.1. The summed E-state index contributed by atoms with van der Waals surface area (Å²) in [5, 5.41) is 37.4. The molecule has 3 aromatic carbocycles. The van der Waals surface area contributed by atoms with Crippen LogP contribution in [0, 0.1) is 27.7 Å². The average molecular weight is 2180 g/mol. The van der Waals surface area contributed by atoms with Crippen molar-refractivity contribution >= 4 is 213 Å². The molecule has 7 aliphatic heterocycles. The summed E-state index contributed by atoms with van der Waals surface area (Å²) in [7, 11) is 10.1. The molecule has 0 spiro atoms. The van der Waals surface area contributed by atoms with Crippen LogP contribution in [0.5, 0.6) is 0 Å². The minimum absolute atomic E-state index is 0. The highest BCUT2D eigenvalue weighted by Crippen LogP contribution is 2.36. The first-order chi connectivity index (χ1) is 65.6. The minimum atomic E-state index is -1.12. The van der Waals surface area contributed by atoms with E-state index in [1.807, 2.05) is 102 Å². The molecule has 2 saturated carbocycles. The van der Waals surface area contributed by atoms with Gasteiger partial charge in [-0.25, -0.2) is 34.7 Å². The van der Waals surface area contributed by atoms with Gasteiger partial charge in [0.2, 0.25) is 47.2 Å². The number of thiocarbonyl (C=S) groups is 1. The molecule has 0 radical (unpaired) electrons. The lowest BCUT2D eigenvalue weighted by Crippen LogP contribution is -2.47. The number of halogens is 2. The summed E-state index contributed by atoms with van der Waals surface area (Å²) in [6, 6.07) is 24.8. The molecular formula is C95H122BrIN20O17S5. The van der Waals surface area contributed by atoms with Gasteiger partial charge in [0.05, 0.1) is 57.4 Å². The van der Waals surface area contributed by atoms with Crippen LogP contribution in [0.3, 0.4) is 0 Å². The monoisotopic (exact) mass is 2180 g/mol. The molecule has 9 aliphatic rings. The van der Waals surface area contributed by atoms with Crippen LogP contribution in [0.1, 0.15) is 266 Å². The smallest absolute Gasteiger partial charge is 0.375 e. The molecule has 139 heavy (non-hydrogen) atoms. The summed E-state index contributed by atoms with van der Waals surface area (Å²) in [6.07, 6.45) is 23.0. The lowest BCUT2D eigenvalue weighted by molar-refractivity contribution is -0.143. The molecule has 4 fully saturated rings. The topological polar surface area (TPSA) is 518 Å². The molecule has 13 heterocycles. The van der Waals surface area contributed by atoms with Crippen LogP contribution in [0.25, 0.3) is 0 Å². The Labute approximate surface area is 851 Å². The van der Waals surface area contributed by atoms with Crippen LogP contribution in [-0.4, -0.2) is 232 Å². The number of H-pyrrole nitrogens is 2. The standard InChI is InChI=1S/C19H20N6O2S.C10H9N3O2.C9H11IN2OS.C9H13N3OS.C9H12N2OS.C8H5NO3.C7H10BrNO2.C7H11NO2.C7H10O2.C7H12O.C2H5NS.CH4/c1-11-20-17-14(28-11)9-8-13(19(27)25(17)2)21-18(26)16-22-15(23-24-16)10-12-6-4-3-5-7-12;14-10(15)9-11-8(12-13-9)6-7-4-2-1-3-5-7;2*1-5-11-8-7(14-5)4-3-6(10)9(13)12(8)2;1-6-10-9-7(13-6)4-3-5-8(12)11(9)2;10-7-5-3-1-2-4-6(5)8(11)9(7)12;1-9-6(10)4-2-3-5(8)7(9)11;1-8-6(9)4-2-3-5-7(8)10;8-6-3-1-2-4-7(9)5-6;8-7-5-3-1-2-4-6-7;1-2(3)4;/h3-7,13H,8-10H2,1-2H3,(H,21,26)(H,22,23,24);1-5H,6H2,(H,14,15)(H,11,12,13);6H,3-4H2,1-2H3;6H,3-4,10H2,1-2H3;3-5H2,1-2H3;1-4,12H;5H,2-4H2,1H3;2-5H2,1H3;1-5H2;1-6H2;1H3,(H2,3,4);1H4. The number of aromatic nitrogens is 10. The van der Waals surface area contributed by atoms with Crippen LogP contribution >= 0.6 is 96.1 Å². The lowest BCUT2D eigenvalue weighted by atomic mass is 10.1. The van der Waals surface area contributed by atoms with E-state index < -0.39 is 29.7 Å². The number of aryl methyl sites for hydroxylation is 8. The van der Waals surface area contributed by atoms with Gasteiger partial charge in [0.15, 0.2) is 0 Å². The van der Waals surface area contributed by atoms with E-state index in [2.05, 4.69) is 106 Å². The second-order valence-electron chi connectivity index (χ2n) is 33.2. The van der Waals surface area contributed by atoms with E-state index in [9.17, 15) is 71.9 Å². The van der Waals surface area contributed by atoms with Crippen LogP contribution in [0.2, 0.25) is 0 Å². The number of hydrogen-bond donors (Lipinski definition) is 7. The van der Waals surface area contributed by atoms with Crippen molar-refractivity contribution in [2.24, 2.45) is 11.5 Å². The van der Waals surface area contributed by atoms with E-state index in [1.165, 1.54) is 61.4 Å². The molecule has 11 amide bonds. The van der Waals surface area contributed by atoms with Crippen molar-refractivity contribution in [1.29, 1.82) is 0 Å². The van der Waals surface area contributed by atoms with Crippen molar-refractivity contribution in [1.82, 2.24) is 70.5 Å². The number of anilines is 4. The third-order valence-corrected chi connectivity index (χ3v) is 28.3. The molecule has 18 rings (SSSR count). The highest BCUT2D eigenvalue weighted by Gasteiger charge is 2.37. The molecule has 748 valence electrons. The number of carboxylic acid groups (broad SMARTS) is 1. The molecule has 2 saturated heterocycles. The number of carbonyl (C=O) groups excluding carboxylic acids is 14. The summed E-state index contributed by atoms with van der Waals surface area (Å²) >= 11 is 16.4. The zero-order valence-corrected chi connectivity index (χ0v) is 86.9. The van der Waals surface area contributed by atoms with E-state index in [1.54, 1.807) is 100 Å². The van der Waals surface area contributed by atoms with Gasteiger partial charge in [-0.1, -0.05) is 144 Å². The molecule has 6 aromatic heterocycles. The first-order valence-corrected chi connectivity index (χ1v) is 50.9. The molecule has 2 aliphatic carbocycles. The molecule has 9 N–H and O–H groups in total. The van der Waals surface area contributed by atoms with E-state index in [4.69, 9.17) is 21.8 Å². The number of imide groups is 3. The number of carboxylic acids is 1. The van der Waals surface area contributed by atoms with E-state index >= 15 is 0 Å². The van der Waals surface area contributed by atoms with Gasteiger partial charge in [0.1, 0.15) is 58.3 Å². The number of benzene rings is 3. The molecule has 0 bridgehead atoms. The van der Waals surface area contributed by atoms with Gasteiger partial charge >= 0.3 is 5.97 Å². The molecule has 37 nitrogen and oxygen atoms in total. The SMILES string of the molecule is C.CC(N)=S.CN1C(=O)CCCC(Br)C1=O.CN1C(=O)CCCCC1=O.Cc1nc2c(s1)CCC(I)C(=O)N2C.Cc1nc2c(s1)CCC(N)C(=O)N2C.Cc1nc2c(s1)CCC(NC(=O)c1n[nH]c(Cc3ccccc3)n1)C(=O)N2C.Cc1nc2c(s1)CCCC(=O)N2C.O=C(O)c1n[nH]c(Cc2ccccc2)n1.O=C1CCCCC(=O)C1.O=C1CCCCCC1.O=C1c2ccccc2C(=O)N1O. The van der Waals surface area contributed by atoms with Gasteiger partial charge in [0, 0.05) is 126 Å². The number of nitrogens with two attached hydrogens (primary N) is 2. The van der Waals surface area contributed by atoms with Crippen molar-refractivity contribution in [3.8, 4) is 0 Å². The van der Waals surface area contributed by atoms with Crippen molar-refractivity contribution in [2.45, 2.75) is 249 Å². The van der Waals surface area contributed by atoms with Crippen LogP contribution in [-0.2, 0) is 91.3 Å². The van der Waals surface area contributed by atoms with Crippen molar-refractivity contribution < 1.29 is 82.2 Å². The summed E-state index contributed by atoms with van der Waals surface area (Å²) in [6.45, 7) is 9.52. The largest absolute Gasteiger partial charge is 0.475 e. The van der Waals surface area contributed by atoms with Gasteiger partial charge in [-0.05, 0) is 161 Å². The Kier molecular flexibility index (Phi) is 46.9. The van der Waals surface area contributed by atoms with Crippen molar-refractivity contribution in [2.75, 3.05) is 61.9 Å². The number of nitrogens with one attached hydrogen (secondary N) is 3. The zero-order valence-electron chi connectivity index (χ0n) is 79.1. The van der Waals surface area contributed by atoms with Crippen molar-refractivity contribution in [3.63, 3.8) is 0 Å². The Morgan fingerprint density at radius 3 is 1.29 bits per heavy atom. The van der Waals surface area contributed by atoms with Crippen LogP contribution in [0.15, 0.2) is 84.9 Å². The predicted octanol–water partition coefficient (Wildman–Crippen LogP) is 13.6. The number of thiazole rings is 4. The highest BCUT2D eigenvalue weighted by atomic mass is 127. The van der Waals surface area contributed by atoms with Gasteiger partial charge in [-0.3, -0.25) is 112 Å². The Morgan fingerprint density at radius 2 is 0.820 bits per heavy atom. The number of fused-ring (bicyclic) bond motifs is 5. The third-order valence-electron chi connectivity index (χ3n) is 22.2. The minimum Gasteiger partial charge on any atom is -0.475 e. The Morgan fingerprint density at radius 1 is 0.453 bits per heavy atom. The number of rotatable bonds is 7. The van der Waals surface area contributed by atoms with Gasteiger partial charge in [-0.2, -0.15) is 0 Å². The maximum atomic E-state index is 12.8. The van der Waals surface area contributed by atoms with Crippen LogP contribution in [0.4, 0.5) is 23.3 Å². The van der Waals surface area contributed by atoms with E-state index in [0.29, 0.717) is 92.4 Å². The maximum absolute atomic E-state index is 12.8. The number of ketones is 3. The summed E-state index contributed by atoms with van der Waals surface area (Å²) in [5.41, 5.74) is 13.2. The number of likely N-dealkylation sites (N-methyl/N-ethyl adjacent to an activating group) is 2. The number of aromatic amines is 2. The molecule has 9 aromatic rings. The Bertz CT molecular complexity index is 5630. The number of amides is 11. The Hall–Kier alpha value is -11.3. The second-order valence-corrected chi connectivity index (χ2v) is 41.6. The molecule has 4 atom stereocenters. The second kappa shape index (κ2) is 56.8. The van der Waals surface area contributed by atoms with E-state index in [0.717, 1.165) is 156 Å². The summed E-state index contributed by atoms with van der Waals surface area (Å²) in [4.78, 5) is 209. The Balaban J connectivity index is 0.000000213. The molecule has 44 heteroatoms. The van der Waals surface area contributed by atoms with Crippen molar-refractivity contribution in [3.05, 3.63) is 170 Å². The number of nitrogens with zero attached hydrogens (tertiary/aromatic N) is 15. The van der Waals surface area contributed by atoms with Gasteiger partial charge < -0.3 is 21.9 Å². The predicted molar refractivity (Wildman–Crippen MR) is 549 cm³/mol. The van der Waals surface area contributed by atoms with E-state index in [-0.39, 0.29) is 115 Å². The number of likely N-dealkylation sites (tertiary alicyclic amines) is 2. The van der Waals surface area contributed by atoms with Gasteiger partial charge in [-0.15, -0.1) is 60.6 Å². The summed E-state index contributed by atoms with van der Waals surface area (Å²) < 4.78 is 0.0966. The normalized spacial score (nSPS) is 18.4. The maximum Gasteiger partial charge on any atom is 0.375 e. The first-order valence-electron chi connectivity index (χ1n) is 45.1. The fourth-order valence-electron chi connectivity index (χ4n) is 14.7. The fourth-order valence-corrected chi connectivity index (χ4v) is 20.0. The number of carbonyl (C=O) groups is 15. The third kappa shape index (κ3) is 35.5.